The van der Waals surface area contributed by atoms with E-state index >= 15 is 0 Å². The number of fused-ring (bicyclic) bond motifs is 5. The molecule has 15 atom stereocenters. The van der Waals surface area contributed by atoms with Crippen LogP contribution in [0.4, 0.5) is 70.6 Å². The van der Waals surface area contributed by atoms with Gasteiger partial charge in [0.15, 0.2) is 84.0 Å². The highest BCUT2D eigenvalue weighted by Gasteiger charge is 2.59. The van der Waals surface area contributed by atoms with E-state index in [0.717, 1.165) is 30.3 Å². The lowest BCUT2D eigenvalue weighted by Gasteiger charge is -2.36. The molecule has 10 aliphatic rings. The second-order valence-electron chi connectivity index (χ2n) is 32.7. The van der Waals surface area contributed by atoms with Gasteiger partial charge in [0.05, 0.1) is 85.5 Å². The Morgan fingerprint density at radius 3 is 1.05 bits per heavy atom. The van der Waals surface area contributed by atoms with Crippen molar-refractivity contribution in [2.45, 2.75) is 146 Å². The van der Waals surface area contributed by atoms with Gasteiger partial charge in [0.2, 0.25) is 0 Å². The van der Waals surface area contributed by atoms with Crippen LogP contribution in [0.25, 0.3) is 0 Å². The molecule has 10 aliphatic heterocycles. The van der Waals surface area contributed by atoms with Crippen molar-refractivity contribution in [3.63, 3.8) is 0 Å². The van der Waals surface area contributed by atoms with Crippen molar-refractivity contribution in [1.29, 1.82) is 0 Å². The Morgan fingerprint density at radius 1 is 0.403 bits per heavy atom. The number of nitro groups is 2. The minimum absolute atomic E-state index is 0.00102. The summed E-state index contributed by atoms with van der Waals surface area (Å²) in [5.41, 5.74) is 9.70. The van der Waals surface area contributed by atoms with Crippen LogP contribution in [-0.4, -0.2) is 157 Å². The number of rotatable bonds is 8. The van der Waals surface area contributed by atoms with Gasteiger partial charge in [-0.3, -0.25) is 35.7 Å². The minimum atomic E-state index is -1.40. The molecule has 6 aromatic rings. The number of non-ortho nitro benzene ring substituents is 2. The van der Waals surface area contributed by atoms with E-state index < -0.39 is 130 Å². The molecule has 5 saturated heterocycles. The third kappa shape index (κ3) is 19.5. The number of amidine groups is 5. The van der Waals surface area contributed by atoms with Crippen molar-refractivity contribution in [3.8, 4) is 0 Å². The van der Waals surface area contributed by atoms with Gasteiger partial charge in [-0.2, -0.15) is 0 Å². The summed E-state index contributed by atoms with van der Waals surface area (Å²) in [7, 11) is 0. The fraction of sp³-hybridized carbons (Fsp3) is 0.463. The molecule has 0 aromatic heterocycles. The number of thioether (sulfide) groups is 5. The molecule has 0 bridgehead atoms. The van der Waals surface area contributed by atoms with Crippen molar-refractivity contribution in [2.24, 2.45) is 66.0 Å². The fourth-order valence-corrected chi connectivity index (χ4v) is 22.3. The molecule has 10 heterocycles. The van der Waals surface area contributed by atoms with Crippen LogP contribution < -0.4 is 33.2 Å². The number of hydrogen-bond donors (Lipinski definition) is 6. The summed E-state index contributed by atoms with van der Waals surface area (Å²) >= 11 is 6.67. The van der Waals surface area contributed by atoms with Crippen LogP contribution in [0.15, 0.2) is 128 Å². The number of nitrogens with two attached hydrogens (primary N) is 3. The molecule has 0 radical (unpaired) electrons. The maximum absolute atomic E-state index is 14.8. The highest BCUT2D eigenvalue weighted by molar-refractivity contribution is 8.15. The molecule has 16 rings (SSSR count). The number of alkyl carbamates (subject to hydrolysis) is 2. The Kier molecular flexibility index (Phi) is 28.3. The average molecular weight is 1830 g/mol. The number of carbonyl (C=O) groups excluding carboxylic acids is 3. The predicted octanol–water partition coefficient (Wildman–Crippen LogP) is 15.3. The van der Waals surface area contributed by atoms with Crippen molar-refractivity contribution in [1.82, 2.24) is 16.0 Å². The van der Waals surface area contributed by atoms with E-state index in [1.54, 1.807) is 84.9 Å². The molecule has 666 valence electrons. The number of benzene rings is 6. The lowest BCUT2D eigenvalue weighted by atomic mass is 9.79. The molecule has 0 saturated carbocycles. The number of ether oxygens (including phenoxy) is 7. The number of nitrogens with zero attached hydrogens (tertiary/aromatic N) is 7. The average Bonchev–Trinajstić information content (AvgIpc) is 1.65. The van der Waals surface area contributed by atoms with E-state index in [9.17, 15) is 78.5 Å². The third-order valence-corrected chi connectivity index (χ3v) is 27.3. The maximum atomic E-state index is 14.8. The summed E-state index contributed by atoms with van der Waals surface area (Å²) in [4.78, 5) is 79.7. The van der Waals surface area contributed by atoms with Crippen LogP contribution in [0.3, 0.4) is 0 Å². The third-order valence-electron chi connectivity index (χ3n) is 22.5. The Morgan fingerprint density at radius 2 is 0.702 bits per heavy atom. The van der Waals surface area contributed by atoms with Gasteiger partial charge in [-0.1, -0.05) is 101 Å². The van der Waals surface area contributed by atoms with Crippen molar-refractivity contribution >= 4 is 120 Å². The van der Waals surface area contributed by atoms with Gasteiger partial charge in [0.25, 0.3) is 17.3 Å². The normalized spacial score (nSPS) is 28.8. The smallest absolute Gasteiger partial charge is 0.413 e. The SMILES string of the molecule is C[C@H]1OC[C@]2(c3cc(N)cc(F)c3F)N=C(NC(=O)OC(C)(C)C)SC[C@H]12.C[C@H]1OC[C@]2(c3cc([N+](=O)[O-])cc(F)c3F)N=C(N)SC[C@H]12.C[C@H]1OC[C@]2(c3cc([N+](=O)[O-])cc(F)c3F)N=C(NC(=O)OC(C)(C)C)SC[C@H]12.C[C@H]1OC[C@]2(c3cccc(F)c3F)N=C(N)SC[C@H]12.C[C@H]1OC[C@]2(c3cccc(F)c3F)N=C(NC(=O)c3ccccc3)SC[C@H]12. The number of hydrogen-bond acceptors (Lipinski definition) is 27. The zero-order valence-electron chi connectivity index (χ0n) is 68.6. The van der Waals surface area contributed by atoms with Gasteiger partial charge in [0.1, 0.15) is 38.9 Å². The van der Waals surface area contributed by atoms with Crippen LogP contribution in [0, 0.1) is 108 Å². The molecule has 0 unspecified atom stereocenters. The van der Waals surface area contributed by atoms with Crippen LogP contribution in [0.5, 0.6) is 0 Å². The topological polar surface area (TPSA) is 378 Å². The Hall–Kier alpha value is -9.27. The van der Waals surface area contributed by atoms with E-state index in [0.29, 0.717) is 56.8 Å². The lowest BCUT2D eigenvalue weighted by Crippen LogP contribution is -2.45. The molecule has 124 heavy (non-hydrogen) atoms. The molecule has 6 aromatic carbocycles. The van der Waals surface area contributed by atoms with E-state index in [1.165, 1.54) is 77.0 Å². The first kappa shape index (κ1) is 93.9. The number of nitrogens with one attached hydrogen (secondary N) is 3. The molecule has 0 aliphatic carbocycles. The molecular weight excluding hydrogens is 1740 g/mol. The maximum Gasteiger partial charge on any atom is 0.413 e. The summed E-state index contributed by atoms with van der Waals surface area (Å²) < 4.78 is 181. The van der Waals surface area contributed by atoms with Crippen LogP contribution in [0.1, 0.15) is 114 Å². The number of aliphatic imine (C=N–C) groups is 5. The van der Waals surface area contributed by atoms with E-state index in [4.69, 9.17) is 50.4 Å². The van der Waals surface area contributed by atoms with Crippen molar-refractivity contribution in [2.75, 3.05) is 67.5 Å². The first-order valence-electron chi connectivity index (χ1n) is 38.9. The standard InChI is InChI=1S/C20H18F2N2O2S.C18H21F2N3O5S.C18H23F2N3O3S.C13H13F2N3O3S.C13H14F2N2OS/c1-12-15-10-27-19(23-18(25)13-6-3-2-4-7-13)24-20(15,11-26-12)14-8-5-9-16(21)17(14)22;1-9-12-7-29-15(21-16(24)28-17(2,3)4)22-18(12,8-27-9)11-5-10(23(25)26)6-13(19)14(11)20;1-9-12-7-27-15(22-16(24)26-17(2,3)4)23-18(12,8-25-9)11-5-10(21)6-13(19)14(11)20;1-6-9-4-22-12(16)17-13(9,5-21-6)8-2-7(18(19)20)3-10(14)11(8)15;1-7-9-5-19-12(16)17-13(9,6-18-7)8-3-2-4-10(14)11(8)15/h2-9,12,15H,10-11H2,1H3,(H,23,24,25);5-6,9,12H,7-8H2,1-4H3,(H,21,22,24);5-6,9,12H,7-8,21H2,1-4H3,(H,22,23,24);2-3,6,9H,4-5H2,1H3,(H2,16,17);2-4,7,9H,5-6H2,1H3,(H2,16,17)/t12-,15-,20-;2*9-,12-,18-;6-,9-,13-;7-,9-,13-/m11111/s1. The number of amides is 3. The van der Waals surface area contributed by atoms with Gasteiger partial charge in [-0.05, 0) is 113 Å². The van der Waals surface area contributed by atoms with Gasteiger partial charge < -0.3 is 55.7 Å². The molecule has 3 amide bonds. The van der Waals surface area contributed by atoms with E-state index in [-0.39, 0.29) is 148 Å². The van der Waals surface area contributed by atoms with Crippen molar-refractivity contribution < 1.29 is 101 Å². The van der Waals surface area contributed by atoms with Crippen LogP contribution >= 0.6 is 58.8 Å². The Bertz CT molecular complexity index is 5300. The molecular formula is C82H89F10N13O14S5. The predicted molar refractivity (Wildman–Crippen MR) is 453 cm³/mol. The first-order chi connectivity index (χ1) is 58.3. The van der Waals surface area contributed by atoms with Gasteiger partial charge >= 0.3 is 12.2 Å². The summed E-state index contributed by atoms with van der Waals surface area (Å²) in [5.74, 6) is -9.02. The van der Waals surface area contributed by atoms with E-state index in [1.807, 2.05) is 33.8 Å². The number of halogens is 10. The largest absolute Gasteiger partial charge is 0.444 e. The Labute approximate surface area is 726 Å². The minimum Gasteiger partial charge on any atom is -0.444 e. The molecule has 9 N–H and O–H groups in total. The zero-order chi connectivity index (χ0) is 90.3. The summed E-state index contributed by atoms with van der Waals surface area (Å²) in [6, 6.07) is 22.5. The van der Waals surface area contributed by atoms with Gasteiger partial charge in [-0.15, -0.1) is 0 Å². The lowest BCUT2D eigenvalue weighted by molar-refractivity contribution is -0.385. The summed E-state index contributed by atoms with van der Waals surface area (Å²) in [5, 5.41) is 31.5. The Balaban J connectivity index is 0.000000142. The summed E-state index contributed by atoms with van der Waals surface area (Å²) in [6.45, 7) is 20.0. The van der Waals surface area contributed by atoms with Crippen LogP contribution in [0.2, 0.25) is 0 Å². The summed E-state index contributed by atoms with van der Waals surface area (Å²) in [6.07, 6.45) is -2.36. The second-order valence-corrected chi connectivity index (χ2v) is 37.8. The molecule has 5 fully saturated rings. The highest BCUT2D eigenvalue weighted by Crippen LogP contribution is 2.55. The molecule has 0 spiro atoms. The zero-order valence-corrected chi connectivity index (χ0v) is 72.6. The van der Waals surface area contributed by atoms with Gasteiger partial charge in [-0.25, -0.2) is 78.5 Å². The number of nitro benzene ring substituents is 2. The number of anilines is 1. The number of carbonyl (C=O) groups is 3. The first-order valence-corrected chi connectivity index (χ1v) is 43.8. The van der Waals surface area contributed by atoms with Crippen molar-refractivity contribution in [3.05, 3.63) is 215 Å². The monoisotopic (exact) mass is 1830 g/mol. The quantitative estimate of drug-likeness (QED) is 0.0357. The molecule has 27 nitrogen and oxygen atoms in total. The number of nitrogen functional groups attached to an aromatic ring is 1. The second kappa shape index (κ2) is 37.3. The molecule has 42 heteroatoms. The van der Waals surface area contributed by atoms with Crippen LogP contribution in [-0.2, 0) is 60.9 Å². The van der Waals surface area contributed by atoms with Gasteiger partial charge in [0, 0.05) is 110 Å². The van der Waals surface area contributed by atoms with E-state index in [2.05, 4.69) is 40.9 Å². The highest BCUT2D eigenvalue weighted by atomic mass is 32.2. The fourth-order valence-electron chi connectivity index (χ4n) is 16.3.